The van der Waals surface area contributed by atoms with Gasteiger partial charge in [-0.15, -0.1) is 0 Å². The maximum absolute atomic E-state index is 12.2. The van der Waals surface area contributed by atoms with Gasteiger partial charge in [-0.05, 0) is 24.5 Å². The molecule has 0 aliphatic heterocycles. The third-order valence-electron chi connectivity index (χ3n) is 4.83. The van der Waals surface area contributed by atoms with E-state index in [2.05, 4.69) is 15.9 Å². The van der Waals surface area contributed by atoms with Crippen LogP contribution in [0.25, 0.3) is 4.85 Å². The van der Waals surface area contributed by atoms with E-state index in [1.54, 1.807) is 38.2 Å². The van der Waals surface area contributed by atoms with E-state index in [-0.39, 0.29) is 28.6 Å². The number of nitrogens with two attached hydrogens (primary N) is 2. The molecule has 1 heterocycles. The van der Waals surface area contributed by atoms with Crippen molar-refractivity contribution in [3.63, 3.8) is 0 Å². The van der Waals surface area contributed by atoms with Gasteiger partial charge in [0, 0.05) is 7.05 Å². The largest absolute Gasteiger partial charge is 0.378 e. The Morgan fingerprint density at radius 2 is 2.00 bits per heavy atom. The van der Waals surface area contributed by atoms with Gasteiger partial charge in [0.15, 0.2) is 5.60 Å². The number of pyridine rings is 1. The van der Waals surface area contributed by atoms with Gasteiger partial charge in [0.1, 0.15) is 22.2 Å². The fourth-order valence-electron chi connectivity index (χ4n) is 3.16. The maximum Gasteiger partial charge on any atom is 0.250 e. The molecule has 0 spiro atoms. The van der Waals surface area contributed by atoms with Crippen LogP contribution in [-0.4, -0.2) is 41.1 Å². The van der Waals surface area contributed by atoms with Crippen molar-refractivity contribution in [2.45, 2.75) is 36.1 Å². The topological polar surface area (TPSA) is 151 Å². The minimum Gasteiger partial charge on any atom is -0.378 e. The fraction of sp³-hybridized carbons (Fsp3) is 0.318. The molecular weight excluding hydrogens is 428 g/mol. The van der Waals surface area contributed by atoms with Crippen LogP contribution in [0.15, 0.2) is 35.4 Å². The summed E-state index contributed by atoms with van der Waals surface area (Å²) >= 11 is 1.01. The Labute approximate surface area is 190 Å². The number of carbonyl (C=O) groups is 2. The number of aliphatic hydroxyl groups is 1. The van der Waals surface area contributed by atoms with Crippen LogP contribution < -0.4 is 16.4 Å². The number of anilines is 1. The van der Waals surface area contributed by atoms with Crippen molar-refractivity contribution in [1.82, 2.24) is 4.98 Å². The van der Waals surface area contributed by atoms with Crippen LogP contribution in [0.5, 0.6) is 0 Å². The molecule has 32 heavy (non-hydrogen) atoms. The Morgan fingerprint density at radius 1 is 1.38 bits per heavy atom. The number of primary amides is 2. The van der Waals surface area contributed by atoms with E-state index >= 15 is 0 Å². The molecule has 0 saturated heterocycles. The van der Waals surface area contributed by atoms with E-state index in [9.17, 15) is 20.0 Å². The molecular formula is C22H24N6O3S. The number of carbonyl (C=O) groups excluding carboxylic acids is 2. The third-order valence-corrected chi connectivity index (χ3v) is 6.08. The molecule has 0 aliphatic carbocycles. The summed E-state index contributed by atoms with van der Waals surface area (Å²) in [5.74, 6) is -1.37. The van der Waals surface area contributed by atoms with Crippen LogP contribution >= 0.6 is 11.8 Å². The zero-order valence-electron chi connectivity index (χ0n) is 18.0. The standard InChI is InChI=1S/C22H24N6O3S/c1-5-14-15(11-23)20(32-17(18(24)29)13-9-7-6-8-10-13)27-19(16(14)26-3)28(4)12-22(2,31)21(25)30/h6-10,17,31H,5,12H2,1-2,4H3,(H2,24,29)(H2,25,30). The van der Waals surface area contributed by atoms with E-state index in [1.807, 2.05) is 6.07 Å². The van der Waals surface area contributed by atoms with Crippen molar-refractivity contribution in [3.8, 4) is 6.07 Å². The Kier molecular flexibility index (Phi) is 7.82. The van der Waals surface area contributed by atoms with Gasteiger partial charge in [0.2, 0.25) is 11.6 Å². The molecule has 0 aliphatic rings. The molecule has 9 nitrogen and oxygen atoms in total. The van der Waals surface area contributed by atoms with Crippen LogP contribution in [0.2, 0.25) is 0 Å². The Bertz CT molecular complexity index is 1110. The van der Waals surface area contributed by atoms with Gasteiger partial charge in [0.05, 0.1) is 18.7 Å². The SMILES string of the molecule is [C-]#[N+]c1c(N(C)CC(C)(O)C(N)=O)nc(SC(C(N)=O)c2ccccc2)c(C#N)c1CC. The first-order chi connectivity index (χ1) is 15.1. The summed E-state index contributed by atoms with van der Waals surface area (Å²) in [5.41, 5.74) is 10.4. The van der Waals surface area contributed by atoms with E-state index in [0.717, 1.165) is 11.8 Å². The van der Waals surface area contributed by atoms with Gasteiger partial charge < -0.3 is 21.5 Å². The van der Waals surface area contributed by atoms with Crippen molar-refractivity contribution in [2.75, 3.05) is 18.5 Å². The Balaban J connectivity index is 2.66. The number of amides is 2. The molecule has 0 bridgehead atoms. The fourth-order valence-corrected chi connectivity index (χ4v) is 4.22. The summed E-state index contributed by atoms with van der Waals surface area (Å²) in [5, 5.41) is 19.5. The quantitative estimate of drug-likeness (QED) is 0.389. The van der Waals surface area contributed by atoms with Crippen LogP contribution in [0.1, 0.15) is 35.8 Å². The summed E-state index contributed by atoms with van der Waals surface area (Å²) in [6, 6.07) is 11.0. The summed E-state index contributed by atoms with van der Waals surface area (Å²) < 4.78 is 0. The van der Waals surface area contributed by atoms with Gasteiger partial charge in [-0.3, -0.25) is 9.59 Å². The highest BCUT2D eigenvalue weighted by molar-refractivity contribution is 8.00. The second kappa shape index (κ2) is 10.1. The highest BCUT2D eigenvalue weighted by Crippen LogP contribution is 2.42. The molecule has 2 aromatic rings. The molecule has 0 saturated carbocycles. The molecule has 5 N–H and O–H groups in total. The van der Waals surface area contributed by atoms with Crippen molar-refractivity contribution in [3.05, 3.63) is 58.4 Å². The molecule has 0 radical (unpaired) electrons. The minimum atomic E-state index is -1.87. The summed E-state index contributed by atoms with van der Waals surface area (Å²) in [6.45, 7) is 10.5. The van der Waals surface area contributed by atoms with Gasteiger partial charge in [-0.2, -0.15) is 5.26 Å². The first-order valence-electron chi connectivity index (χ1n) is 9.66. The molecule has 1 aromatic carbocycles. The normalized spacial score (nSPS) is 13.3. The number of nitriles is 1. The van der Waals surface area contributed by atoms with Gasteiger partial charge in [0.25, 0.3) is 5.91 Å². The van der Waals surface area contributed by atoms with E-state index in [4.69, 9.17) is 18.0 Å². The molecule has 2 amide bonds. The molecule has 166 valence electrons. The van der Waals surface area contributed by atoms with Crippen molar-refractivity contribution >= 4 is 35.1 Å². The highest BCUT2D eigenvalue weighted by atomic mass is 32.2. The molecule has 2 unspecified atom stereocenters. The lowest BCUT2D eigenvalue weighted by atomic mass is 10.0. The smallest absolute Gasteiger partial charge is 0.250 e. The van der Waals surface area contributed by atoms with Crippen LogP contribution in [0.4, 0.5) is 11.5 Å². The molecule has 1 aromatic heterocycles. The lowest BCUT2D eigenvalue weighted by Gasteiger charge is -2.29. The number of nitrogens with zero attached hydrogens (tertiary/aromatic N) is 4. The summed E-state index contributed by atoms with van der Waals surface area (Å²) in [4.78, 5) is 33.3. The number of hydrogen-bond donors (Lipinski definition) is 3. The number of likely N-dealkylation sites (N-methyl/N-ethyl adjacent to an activating group) is 1. The zero-order valence-corrected chi connectivity index (χ0v) is 18.8. The monoisotopic (exact) mass is 452 g/mol. The zero-order chi connectivity index (χ0) is 24.1. The predicted molar refractivity (Wildman–Crippen MR) is 122 cm³/mol. The molecule has 2 rings (SSSR count). The third kappa shape index (κ3) is 5.17. The number of hydrogen-bond acceptors (Lipinski definition) is 7. The van der Waals surface area contributed by atoms with E-state index in [0.29, 0.717) is 17.5 Å². The molecule has 2 atom stereocenters. The maximum atomic E-state index is 12.2. The van der Waals surface area contributed by atoms with E-state index in [1.165, 1.54) is 11.8 Å². The first kappa shape index (κ1) is 24.7. The minimum absolute atomic E-state index is 0.131. The Morgan fingerprint density at radius 3 is 2.47 bits per heavy atom. The number of aromatic nitrogens is 1. The lowest BCUT2D eigenvalue weighted by molar-refractivity contribution is -0.133. The predicted octanol–water partition coefficient (Wildman–Crippen LogP) is 2.06. The van der Waals surface area contributed by atoms with Crippen LogP contribution in [-0.2, 0) is 16.0 Å². The van der Waals surface area contributed by atoms with Gasteiger partial charge in [-0.25, -0.2) is 9.83 Å². The summed E-state index contributed by atoms with van der Waals surface area (Å²) in [6.07, 6.45) is 0.357. The van der Waals surface area contributed by atoms with Crippen LogP contribution in [0, 0.1) is 17.9 Å². The number of benzene rings is 1. The number of thioether (sulfide) groups is 1. The average Bonchev–Trinajstić information content (AvgIpc) is 2.75. The van der Waals surface area contributed by atoms with Crippen molar-refractivity contribution < 1.29 is 14.7 Å². The van der Waals surface area contributed by atoms with Crippen molar-refractivity contribution in [1.29, 1.82) is 5.26 Å². The Hall–Kier alpha value is -3.60. The highest BCUT2D eigenvalue weighted by Gasteiger charge is 2.32. The van der Waals surface area contributed by atoms with Crippen molar-refractivity contribution in [2.24, 2.45) is 11.5 Å². The summed E-state index contributed by atoms with van der Waals surface area (Å²) in [7, 11) is 1.55. The first-order valence-corrected chi connectivity index (χ1v) is 10.5. The molecule has 0 fully saturated rings. The van der Waals surface area contributed by atoms with E-state index < -0.39 is 22.7 Å². The number of rotatable bonds is 9. The molecule has 10 heteroatoms. The van der Waals surface area contributed by atoms with Gasteiger partial charge >= 0.3 is 0 Å². The second-order valence-corrected chi connectivity index (χ2v) is 8.42. The lowest BCUT2D eigenvalue weighted by Crippen LogP contribution is -2.49. The second-order valence-electron chi connectivity index (χ2n) is 7.32. The average molecular weight is 453 g/mol. The van der Waals surface area contributed by atoms with Gasteiger partial charge in [-0.1, -0.05) is 49.0 Å². The van der Waals surface area contributed by atoms with Crippen LogP contribution in [0.3, 0.4) is 0 Å².